The average Bonchev–Trinajstić information content (AvgIpc) is 2.76. The van der Waals surface area contributed by atoms with Crippen molar-refractivity contribution >= 4 is 38.9 Å². The van der Waals surface area contributed by atoms with Gasteiger partial charge >= 0.3 is 0 Å². The van der Waals surface area contributed by atoms with Gasteiger partial charge in [-0.3, -0.25) is 9.52 Å². The topological polar surface area (TPSA) is 93.7 Å². The minimum Gasteiger partial charge on any atom is -0.495 e. The lowest BCUT2D eigenvalue weighted by Gasteiger charge is -2.14. The maximum atomic E-state index is 12.9. The molecule has 0 atom stereocenters. The first-order chi connectivity index (χ1) is 15.3. The largest absolute Gasteiger partial charge is 0.495 e. The van der Waals surface area contributed by atoms with Crippen LogP contribution in [-0.2, 0) is 14.8 Å². The van der Waals surface area contributed by atoms with E-state index in [0.29, 0.717) is 22.1 Å². The number of carbonyl (C=O) groups excluding carboxylic acids is 1. The molecule has 0 spiro atoms. The average molecular weight is 475 g/mol. The third-order valence-electron chi connectivity index (χ3n) is 4.51. The second-order valence-electron chi connectivity index (χ2n) is 6.89. The predicted molar refractivity (Wildman–Crippen MR) is 125 cm³/mol. The monoisotopic (exact) mass is 474 g/mol. The maximum absolute atomic E-state index is 12.9. The van der Waals surface area contributed by atoms with Crippen LogP contribution in [0, 0.1) is 6.92 Å². The SMILES string of the molecule is COc1ccc(NC(=O)CCOc2ccccc2C)cc1S(=O)(=O)Nc1ccc(Cl)cc1. The Bertz CT molecular complexity index is 1200. The van der Waals surface area contributed by atoms with Crippen molar-refractivity contribution in [2.45, 2.75) is 18.2 Å². The standard InChI is InChI=1S/C23H23ClN2O5S/c1-16-5-3-4-6-20(16)31-14-13-23(27)25-19-11-12-21(30-2)22(15-19)32(28,29)26-18-9-7-17(24)8-10-18/h3-12,15,26H,13-14H2,1-2H3,(H,25,27). The van der Waals surface area contributed by atoms with Crippen molar-refractivity contribution in [2.75, 3.05) is 23.8 Å². The molecule has 1 amide bonds. The molecule has 3 aromatic carbocycles. The fraction of sp³-hybridized carbons (Fsp3) is 0.174. The smallest absolute Gasteiger partial charge is 0.265 e. The van der Waals surface area contributed by atoms with Crippen molar-refractivity contribution < 1.29 is 22.7 Å². The third-order valence-corrected chi connectivity index (χ3v) is 6.17. The maximum Gasteiger partial charge on any atom is 0.265 e. The molecular formula is C23H23ClN2O5S. The summed E-state index contributed by atoms with van der Waals surface area (Å²) in [6, 6.07) is 18.2. The number of anilines is 2. The van der Waals surface area contributed by atoms with E-state index < -0.39 is 10.0 Å². The molecule has 2 N–H and O–H groups in total. The number of carbonyl (C=O) groups is 1. The first-order valence-electron chi connectivity index (χ1n) is 9.73. The Labute approximate surface area is 192 Å². The first kappa shape index (κ1) is 23.4. The molecular weight excluding hydrogens is 452 g/mol. The Kier molecular flexibility index (Phi) is 7.61. The van der Waals surface area contributed by atoms with Crippen LogP contribution in [0.1, 0.15) is 12.0 Å². The fourth-order valence-electron chi connectivity index (χ4n) is 2.89. The highest BCUT2D eigenvalue weighted by atomic mass is 35.5. The van der Waals surface area contributed by atoms with Crippen LogP contribution < -0.4 is 19.5 Å². The lowest BCUT2D eigenvalue weighted by molar-refractivity contribution is -0.116. The minimum atomic E-state index is -3.98. The molecule has 0 unspecified atom stereocenters. The highest BCUT2D eigenvalue weighted by molar-refractivity contribution is 7.92. The number of para-hydroxylation sites is 1. The van der Waals surface area contributed by atoms with Crippen LogP contribution in [0.5, 0.6) is 11.5 Å². The summed E-state index contributed by atoms with van der Waals surface area (Å²) < 4.78 is 39.1. The molecule has 32 heavy (non-hydrogen) atoms. The van der Waals surface area contributed by atoms with Crippen LogP contribution in [0.25, 0.3) is 0 Å². The Hall–Kier alpha value is -3.23. The van der Waals surface area contributed by atoms with Crippen molar-refractivity contribution in [3.05, 3.63) is 77.3 Å². The van der Waals surface area contributed by atoms with E-state index in [1.165, 1.54) is 19.2 Å². The van der Waals surface area contributed by atoms with E-state index in [9.17, 15) is 13.2 Å². The number of ether oxygens (including phenoxy) is 2. The number of rotatable bonds is 9. The van der Waals surface area contributed by atoms with Crippen molar-refractivity contribution in [1.82, 2.24) is 0 Å². The quantitative estimate of drug-likeness (QED) is 0.461. The van der Waals surface area contributed by atoms with E-state index in [-0.39, 0.29) is 29.6 Å². The molecule has 0 aliphatic heterocycles. The van der Waals surface area contributed by atoms with Gasteiger partial charge in [0.05, 0.1) is 20.1 Å². The van der Waals surface area contributed by atoms with Gasteiger partial charge in [0.1, 0.15) is 16.4 Å². The van der Waals surface area contributed by atoms with Crippen LogP contribution in [0.4, 0.5) is 11.4 Å². The van der Waals surface area contributed by atoms with Gasteiger partial charge in [-0.1, -0.05) is 29.8 Å². The Morgan fingerprint density at radius 3 is 2.34 bits per heavy atom. The summed E-state index contributed by atoms with van der Waals surface area (Å²) in [7, 11) is -2.61. The Morgan fingerprint density at radius 1 is 0.969 bits per heavy atom. The highest BCUT2D eigenvalue weighted by Gasteiger charge is 2.21. The zero-order valence-corrected chi connectivity index (χ0v) is 19.2. The number of halogens is 1. The van der Waals surface area contributed by atoms with Gasteiger partial charge in [0.25, 0.3) is 10.0 Å². The van der Waals surface area contributed by atoms with Gasteiger partial charge in [0.15, 0.2) is 0 Å². The molecule has 0 aliphatic rings. The van der Waals surface area contributed by atoms with Gasteiger partial charge in [-0.25, -0.2) is 8.42 Å². The second-order valence-corrected chi connectivity index (χ2v) is 8.98. The van der Waals surface area contributed by atoms with Gasteiger partial charge in [-0.2, -0.15) is 0 Å². The van der Waals surface area contributed by atoms with Crippen LogP contribution in [0.3, 0.4) is 0 Å². The van der Waals surface area contributed by atoms with E-state index in [1.807, 2.05) is 31.2 Å². The van der Waals surface area contributed by atoms with Crippen LogP contribution in [0.15, 0.2) is 71.6 Å². The molecule has 168 valence electrons. The summed E-state index contributed by atoms with van der Waals surface area (Å²) >= 11 is 5.85. The van der Waals surface area contributed by atoms with Gasteiger partial charge in [0, 0.05) is 16.4 Å². The summed E-state index contributed by atoms with van der Waals surface area (Å²) in [5.74, 6) is 0.552. The molecule has 0 aliphatic carbocycles. The summed E-state index contributed by atoms with van der Waals surface area (Å²) in [6.07, 6.45) is 0.103. The molecule has 0 aromatic heterocycles. The first-order valence-corrected chi connectivity index (χ1v) is 11.6. The number of hydrogen-bond donors (Lipinski definition) is 2. The molecule has 0 heterocycles. The van der Waals surface area contributed by atoms with Crippen LogP contribution in [-0.4, -0.2) is 28.0 Å². The molecule has 0 saturated heterocycles. The van der Waals surface area contributed by atoms with E-state index in [4.69, 9.17) is 21.1 Å². The number of sulfonamides is 1. The van der Waals surface area contributed by atoms with E-state index in [1.54, 1.807) is 30.3 Å². The van der Waals surface area contributed by atoms with Crippen LogP contribution >= 0.6 is 11.6 Å². The van der Waals surface area contributed by atoms with Gasteiger partial charge in [-0.15, -0.1) is 0 Å². The van der Waals surface area contributed by atoms with Gasteiger partial charge in [-0.05, 0) is 61.0 Å². The summed E-state index contributed by atoms with van der Waals surface area (Å²) in [5, 5.41) is 3.18. The van der Waals surface area contributed by atoms with Gasteiger partial charge < -0.3 is 14.8 Å². The van der Waals surface area contributed by atoms with E-state index in [0.717, 1.165) is 5.56 Å². The number of hydrogen-bond acceptors (Lipinski definition) is 5. The number of aryl methyl sites for hydroxylation is 1. The minimum absolute atomic E-state index is 0.103. The molecule has 3 aromatic rings. The van der Waals surface area contributed by atoms with Crippen LogP contribution in [0.2, 0.25) is 5.02 Å². The number of methoxy groups -OCH3 is 1. The zero-order chi connectivity index (χ0) is 23.1. The van der Waals surface area contributed by atoms with E-state index >= 15 is 0 Å². The van der Waals surface area contributed by atoms with Crippen molar-refractivity contribution in [3.8, 4) is 11.5 Å². The molecule has 7 nitrogen and oxygen atoms in total. The molecule has 3 rings (SSSR count). The summed E-state index contributed by atoms with van der Waals surface area (Å²) in [4.78, 5) is 12.2. The summed E-state index contributed by atoms with van der Waals surface area (Å²) in [5.41, 5.74) is 1.65. The fourth-order valence-corrected chi connectivity index (χ4v) is 4.27. The number of nitrogens with one attached hydrogen (secondary N) is 2. The third kappa shape index (κ3) is 6.15. The van der Waals surface area contributed by atoms with Gasteiger partial charge in [0.2, 0.25) is 5.91 Å². The summed E-state index contributed by atoms with van der Waals surface area (Å²) in [6.45, 7) is 2.11. The highest BCUT2D eigenvalue weighted by Crippen LogP contribution is 2.29. The van der Waals surface area contributed by atoms with Crippen molar-refractivity contribution in [3.63, 3.8) is 0 Å². The Morgan fingerprint density at radius 2 is 1.66 bits per heavy atom. The second kappa shape index (κ2) is 10.4. The lowest BCUT2D eigenvalue weighted by Crippen LogP contribution is -2.17. The molecule has 0 fully saturated rings. The zero-order valence-electron chi connectivity index (χ0n) is 17.6. The van der Waals surface area contributed by atoms with E-state index in [2.05, 4.69) is 10.0 Å². The van der Waals surface area contributed by atoms with Crippen molar-refractivity contribution in [2.24, 2.45) is 0 Å². The number of benzene rings is 3. The molecule has 0 bridgehead atoms. The molecule has 0 radical (unpaired) electrons. The van der Waals surface area contributed by atoms with Crippen molar-refractivity contribution in [1.29, 1.82) is 0 Å². The molecule has 0 saturated carbocycles. The predicted octanol–water partition coefficient (Wildman–Crippen LogP) is 4.87. The number of amides is 1. The molecule has 9 heteroatoms. The lowest BCUT2D eigenvalue weighted by atomic mass is 10.2. The Balaban J connectivity index is 1.69. The normalized spacial score (nSPS) is 11.0.